The summed E-state index contributed by atoms with van der Waals surface area (Å²) in [5, 5.41) is 14.4. The third-order valence-corrected chi connectivity index (χ3v) is 4.16. The average Bonchev–Trinajstić information content (AvgIpc) is 2.57. The minimum absolute atomic E-state index is 0.323. The first-order valence-electron chi connectivity index (χ1n) is 7.86. The minimum atomic E-state index is -0.929. The fourth-order valence-corrected chi connectivity index (χ4v) is 2.81. The van der Waals surface area contributed by atoms with Crippen molar-refractivity contribution < 1.29 is 19.1 Å². The summed E-state index contributed by atoms with van der Waals surface area (Å²) in [5.41, 5.74) is 3.54. The van der Waals surface area contributed by atoms with Crippen LogP contribution in [-0.4, -0.2) is 28.7 Å². The van der Waals surface area contributed by atoms with Crippen molar-refractivity contribution in [1.82, 2.24) is 4.90 Å². The molecule has 0 aromatic heterocycles. The summed E-state index contributed by atoms with van der Waals surface area (Å²) in [6.07, 6.45) is -0.322. The van der Waals surface area contributed by atoms with Gasteiger partial charge in [0.05, 0.1) is 0 Å². The Bertz CT molecular complexity index is 838. The highest BCUT2D eigenvalue weighted by Gasteiger charge is 2.20. The Hall–Kier alpha value is -3.09. The van der Waals surface area contributed by atoms with Gasteiger partial charge in [0.15, 0.2) is 0 Å². The molecule has 0 atom stereocenters. The zero-order valence-corrected chi connectivity index (χ0v) is 13.7. The highest BCUT2D eigenvalue weighted by molar-refractivity contribution is 5.99. The molecule has 3 amide bonds. The fraction of sp³-hybridized carbons (Fsp3) is 0.222. The number of anilines is 2. The van der Waals surface area contributed by atoms with E-state index in [1.165, 1.54) is 17.0 Å². The number of carbonyl (C=O) groups excluding carboxylic acids is 1. The number of urea groups is 1. The minimum Gasteiger partial charge on any atom is -0.465 e. The van der Waals surface area contributed by atoms with Gasteiger partial charge in [0.2, 0.25) is 0 Å². The van der Waals surface area contributed by atoms with Crippen molar-refractivity contribution in [3.8, 4) is 0 Å². The van der Waals surface area contributed by atoms with Crippen LogP contribution in [0.1, 0.15) is 16.7 Å². The molecule has 3 N–H and O–H groups in total. The number of fused-ring (bicyclic) bond motifs is 1. The van der Waals surface area contributed by atoms with Crippen LogP contribution >= 0.6 is 0 Å². The Kier molecular flexibility index (Phi) is 4.56. The molecule has 0 spiro atoms. The lowest BCUT2D eigenvalue weighted by Crippen LogP contribution is -2.34. The second kappa shape index (κ2) is 6.80. The Morgan fingerprint density at radius 1 is 1.08 bits per heavy atom. The van der Waals surface area contributed by atoms with E-state index < -0.39 is 12.1 Å². The first-order chi connectivity index (χ1) is 11.9. The Labute approximate surface area is 144 Å². The van der Waals surface area contributed by atoms with Crippen molar-refractivity contribution in [1.29, 1.82) is 0 Å². The molecule has 2 aromatic rings. The monoisotopic (exact) mass is 343 g/mol. The lowest BCUT2D eigenvalue weighted by molar-refractivity contribution is 0.140. The van der Waals surface area contributed by atoms with E-state index in [1.54, 1.807) is 19.1 Å². The SMILES string of the molecule is Cc1cc(NC(=O)Nc2ccc3c(c2)CCN(C(=O)O)C3)ccc1F. The first-order valence-corrected chi connectivity index (χ1v) is 7.86. The predicted octanol–water partition coefficient (Wildman–Crippen LogP) is 3.81. The van der Waals surface area contributed by atoms with E-state index in [0.29, 0.717) is 36.4 Å². The number of nitrogens with zero attached hydrogens (tertiary/aromatic N) is 1. The number of carboxylic acid groups (broad SMARTS) is 1. The van der Waals surface area contributed by atoms with E-state index in [2.05, 4.69) is 10.6 Å². The average molecular weight is 343 g/mol. The standard InChI is InChI=1S/C18H18FN3O3/c1-11-8-14(4-5-16(11)19)20-17(23)21-15-3-2-13-10-22(18(24)25)7-6-12(13)9-15/h2-5,8-9H,6-7,10H2,1H3,(H,24,25)(H2,20,21,23). The van der Waals surface area contributed by atoms with Gasteiger partial charge in [-0.1, -0.05) is 6.07 Å². The van der Waals surface area contributed by atoms with Gasteiger partial charge in [-0.05, 0) is 60.4 Å². The molecular weight excluding hydrogens is 325 g/mol. The molecule has 0 saturated carbocycles. The molecule has 0 bridgehead atoms. The number of hydrogen-bond donors (Lipinski definition) is 3. The van der Waals surface area contributed by atoms with E-state index in [-0.39, 0.29) is 5.82 Å². The third-order valence-electron chi connectivity index (χ3n) is 4.16. The summed E-state index contributed by atoms with van der Waals surface area (Å²) in [6, 6.07) is 9.34. The number of carbonyl (C=O) groups is 2. The lowest BCUT2D eigenvalue weighted by Gasteiger charge is -2.26. The van der Waals surface area contributed by atoms with Crippen LogP contribution in [0.15, 0.2) is 36.4 Å². The number of halogens is 1. The Morgan fingerprint density at radius 2 is 1.76 bits per heavy atom. The molecule has 7 heteroatoms. The summed E-state index contributed by atoms with van der Waals surface area (Å²) in [6.45, 7) is 2.42. The van der Waals surface area contributed by atoms with Gasteiger partial charge in [-0.3, -0.25) is 0 Å². The third kappa shape index (κ3) is 3.88. The number of rotatable bonds is 2. The maximum absolute atomic E-state index is 13.3. The maximum Gasteiger partial charge on any atom is 0.407 e. The van der Waals surface area contributed by atoms with Gasteiger partial charge >= 0.3 is 12.1 Å². The molecule has 3 rings (SSSR count). The molecule has 25 heavy (non-hydrogen) atoms. The summed E-state index contributed by atoms with van der Waals surface area (Å²) in [5.74, 6) is -0.323. The Morgan fingerprint density at radius 3 is 2.44 bits per heavy atom. The number of nitrogens with one attached hydrogen (secondary N) is 2. The van der Waals surface area contributed by atoms with Crippen LogP contribution < -0.4 is 10.6 Å². The molecule has 1 heterocycles. The molecule has 0 aliphatic carbocycles. The van der Waals surface area contributed by atoms with Crippen LogP contribution in [0.4, 0.5) is 25.4 Å². The largest absolute Gasteiger partial charge is 0.465 e. The lowest BCUT2D eigenvalue weighted by atomic mass is 9.99. The second-order valence-electron chi connectivity index (χ2n) is 5.98. The quantitative estimate of drug-likeness (QED) is 0.775. The van der Waals surface area contributed by atoms with Crippen LogP contribution in [0.3, 0.4) is 0 Å². The van der Waals surface area contributed by atoms with Gasteiger partial charge in [0, 0.05) is 24.5 Å². The van der Waals surface area contributed by atoms with E-state index >= 15 is 0 Å². The molecule has 130 valence electrons. The number of hydrogen-bond acceptors (Lipinski definition) is 2. The zero-order chi connectivity index (χ0) is 18.0. The van der Waals surface area contributed by atoms with E-state index in [1.807, 2.05) is 12.1 Å². The molecule has 1 aliphatic heterocycles. The molecule has 6 nitrogen and oxygen atoms in total. The molecule has 0 radical (unpaired) electrons. The van der Waals surface area contributed by atoms with Crippen molar-refractivity contribution in [2.45, 2.75) is 19.9 Å². The normalized spacial score (nSPS) is 13.1. The van der Waals surface area contributed by atoms with Crippen LogP contribution in [0, 0.1) is 12.7 Å². The van der Waals surface area contributed by atoms with Crippen molar-refractivity contribution in [2.75, 3.05) is 17.2 Å². The van der Waals surface area contributed by atoms with Crippen LogP contribution in [0.25, 0.3) is 0 Å². The van der Waals surface area contributed by atoms with Gasteiger partial charge in [-0.2, -0.15) is 0 Å². The molecule has 1 aliphatic rings. The van der Waals surface area contributed by atoms with Crippen molar-refractivity contribution in [2.24, 2.45) is 0 Å². The van der Waals surface area contributed by atoms with Gasteiger partial charge in [0.1, 0.15) is 5.82 Å². The summed E-state index contributed by atoms with van der Waals surface area (Å²) in [4.78, 5) is 24.5. The molecule has 2 aromatic carbocycles. The maximum atomic E-state index is 13.3. The molecular formula is C18H18FN3O3. The summed E-state index contributed by atoms with van der Waals surface area (Å²) < 4.78 is 13.3. The smallest absolute Gasteiger partial charge is 0.407 e. The summed E-state index contributed by atoms with van der Waals surface area (Å²) in [7, 11) is 0. The highest BCUT2D eigenvalue weighted by atomic mass is 19.1. The zero-order valence-electron chi connectivity index (χ0n) is 13.7. The number of amides is 3. The Balaban J connectivity index is 1.66. The van der Waals surface area contributed by atoms with Gasteiger partial charge in [0.25, 0.3) is 0 Å². The predicted molar refractivity (Wildman–Crippen MR) is 92.4 cm³/mol. The van der Waals surface area contributed by atoms with E-state index in [4.69, 9.17) is 5.11 Å². The molecule has 0 unspecified atom stereocenters. The van der Waals surface area contributed by atoms with E-state index in [9.17, 15) is 14.0 Å². The van der Waals surface area contributed by atoms with Crippen LogP contribution in [0.5, 0.6) is 0 Å². The van der Waals surface area contributed by atoms with Crippen molar-refractivity contribution >= 4 is 23.5 Å². The second-order valence-corrected chi connectivity index (χ2v) is 5.98. The van der Waals surface area contributed by atoms with E-state index in [0.717, 1.165) is 11.1 Å². The topological polar surface area (TPSA) is 81.7 Å². The molecule has 0 saturated heterocycles. The van der Waals surface area contributed by atoms with Crippen molar-refractivity contribution in [3.63, 3.8) is 0 Å². The van der Waals surface area contributed by atoms with Crippen LogP contribution in [-0.2, 0) is 13.0 Å². The summed E-state index contributed by atoms with van der Waals surface area (Å²) >= 11 is 0. The highest BCUT2D eigenvalue weighted by Crippen LogP contribution is 2.23. The van der Waals surface area contributed by atoms with Gasteiger partial charge < -0.3 is 20.6 Å². The number of aryl methyl sites for hydroxylation is 1. The first kappa shape index (κ1) is 16.8. The number of benzene rings is 2. The molecule has 0 fully saturated rings. The van der Waals surface area contributed by atoms with Gasteiger partial charge in [-0.25, -0.2) is 14.0 Å². The fourth-order valence-electron chi connectivity index (χ4n) is 2.81. The van der Waals surface area contributed by atoms with Gasteiger partial charge in [-0.15, -0.1) is 0 Å². The van der Waals surface area contributed by atoms with Crippen molar-refractivity contribution in [3.05, 3.63) is 58.9 Å². The van der Waals surface area contributed by atoms with Crippen LogP contribution in [0.2, 0.25) is 0 Å².